The van der Waals surface area contributed by atoms with Crippen LogP contribution in [-0.2, 0) is 13.0 Å². The van der Waals surface area contributed by atoms with Gasteiger partial charge in [0.2, 0.25) is 5.88 Å². The lowest BCUT2D eigenvalue weighted by atomic mass is 10.1. The fourth-order valence-corrected chi connectivity index (χ4v) is 4.59. The SMILES string of the molecule is Cc1nn(-c2cccc(Cl)c2)c(Oc2ccccc2)c1CN(CC(C)C)C[C@@H](O)Cc1ccccc1. The van der Waals surface area contributed by atoms with Crippen LogP contribution < -0.4 is 4.74 Å². The third-order valence-corrected chi connectivity index (χ3v) is 6.17. The number of halogens is 1. The van der Waals surface area contributed by atoms with Gasteiger partial charge in [-0.15, -0.1) is 0 Å². The molecular formula is C30H34ClN3O2. The van der Waals surface area contributed by atoms with Crippen molar-refractivity contribution in [1.82, 2.24) is 14.7 Å². The minimum absolute atomic E-state index is 0.440. The summed E-state index contributed by atoms with van der Waals surface area (Å²) in [7, 11) is 0. The molecule has 6 heteroatoms. The molecule has 0 bridgehead atoms. The Bertz CT molecular complexity index is 1240. The van der Waals surface area contributed by atoms with Crippen LogP contribution in [0.2, 0.25) is 5.02 Å². The van der Waals surface area contributed by atoms with E-state index in [2.05, 4.69) is 30.9 Å². The van der Waals surface area contributed by atoms with Crippen molar-refractivity contribution in [1.29, 1.82) is 0 Å². The lowest BCUT2D eigenvalue weighted by Gasteiger charge is -2.27. The molecule has 0 aliphatic rings. The second-order valence-electron chi connectivity index (χ2n) is 9.61. The molecule has 0 aliphatic carbocycles. The molecule has 1 heterocycles. The third-order valence-electron chi connectivity index (χ3n) is 5.94. The second-order valence-corrected chi connectivity index (χ2v) is 10.0. The number of hydrogen-bond acceptors (Lipinski definition) is 4. The van der Waals surface area contributed by atoms with E-state index in [0.29, 0.717) is 36.3 Å². The number of aliphatic hydroxyl groups excluding tert-OH is 1. The summed E-state index contributed by atoms with van der Waals surface area (Å²) in [5.74, 6) is 1.84. The lowest BCUT2D eigenvalue weighted by Crippen LogP contribution is -2.35. The molecule has 36 heavy (non-hydrogen) atoms. The van der Waals surface area contributed by atoms with Gasteiger partial charge in [0.1, 0.15) is 5.75 Å². The minimum Gasteiger partial charge on any atom is -0.439 e. The van der Waals surface area contributed by atoms with Gasteiger partial charge in [0.15, 0.2) is 0 Å². The van der Waals surface area contributed by atoms with Crippen molar-refractivity contribution < 1.29 is 9.84 Å². The first-order valence-electron chi connectivity index (χ1n) is 12.4. The van der Waals surface area contributed by atoms with Crippen molar-refractivity contribution in [2.24, 2.45) is 5.92 Å². The van der Waals surface area contributed by atoms with Crippen LogP contribution in [0.3, 0.4) is 0 Å². The number of aryl methyl sites for hydroxylation is 1. The van der Waals surface area contributed by atoms with E-state index in [0.717, 1.165) is 34.8 Å². The monoisotopic (exact) mass is 503 g/mol. The molecule has 0 amide bonds. The van der Waals surface area contributed by atoms with Crippen LogP contribution in [0.25, 0.3) is 5.69 Å². The summed E-state index contributed by atoms with van der Waals surface area (Å²) in [6, 6.07) is 27.5. The summed E-state index contributed by atoms with van der Waals surface area (Å²) in [6.45, 7) is 8.40. The zero-order chi connectivity index (χ0) is 25.5. The zero-order valence-electron chi connectivity index (χ0n) is 21.1. The van der Waals surface area contributed by atoms with Crippen LogP contribution in [-0.4, -0.2) is 39.0 Å². The molecule has 0 radical (unpaired) electrons. The van der Waals surface area contributed by atoms with Gasteiger partial charge < -0.3 is 9.84 Å². The maximum Gasteiger partial charge on any atom is 0.227 e. The predicted molar refractivity (Wildman–Crippen MR) is 146 cm³/mol. The molecule has 188 valence electrons. The number of hydrogen-bond donors (Lipinski definition) is 1. The normalized spacial score (nSPS) is 12.3. The zero-order valence-corrected chi connectivity index (χ0v) is 21.9. The van der Waals surface area contributed by atoms with Crippen molar-refractivity contribution in [3.63, 3.8) is 0 Å². The Morgan fingerprint density at radius 1 is 0.944 bits per heavy atom. The summed E-state index contributed by atoms with van der Waals surface area (Å²) in [5.41, 5.74) is 3.84. The Morgan fingerprint density at radius 2 is 1.64 bits per heavy atom. The molecule has 0 saturated carbocycles. The van der Waals surface area contributed by atoms with E-state index in [1.54, 1.807) is 0 Å². The van der Waals surface area contributed by atoms with Crippen molar-refractivity contribution in [3.8, 4) is 17.3 Å². The average molecular weight is 504 g/mol. The van der Waals surface area contributed by atoms with Crippen molar-refractivity contribution in [2.75, 3.05) is 13.1 Å². The Morgan fingerprint density at radius 3 is 2.31 bits per heavy atom. The number of para-hydroxylation sites is 1. The van der Waals surface area contributed by atoms with Crippen LogP contribution in [0.5, 0.6) is 11.6 Å². The van der Waals surface area contributed by atoms with E-state index in [1.165, 1.54) is 0 Å². The molecule has 0 fully saturated rings. The Hall–Kier alpha value is -3.12. The molecule has 4 aromatic rings. The first-order valence-corrected chi connectivity index (χ1v) is 12.8. The summed E-state index contributed by atoms with van der Waals surface area (Å²) in [6.07, 6.45) is 0.136. The molecule has 1 N–H and O–H groups in total. The minimum atomic E-state index is -0.479. The van der Waals surface area contributed by atoms with Gasteiger partial charge in [-0.1, -0.05) is 80.0 Å². The van der Waals surface area contributed by atoms with E-state index in [1.807, 2.05) is 84.4 Å². The quantitative estimate of drug-likeness (QED) is 0.248. The average Bonchev–Trinajstić information content (AvgIpc) is 3.14. The van der Waals surface area contributed by atoms with Gasteiger partial charge in [0, 0.05) is 24.7 Å². The Kier molecular flexibility index (Phi) is 8.81. The van der Waals surface area contributed by atoms with E-state index in [4.69, 9.17) is 21.4 Å². The van der Waals surface area contributed by atoms with Crippen molar-refractivity contribution in [2.45, 2.75) is 39.8 Å². The highest BCUT2D eigenvalue weighted by Gasteiger charge is 2.23. The van der Waals surface area contributed by atoms with Crippen LogP contribution in [0, 0.1) is 12.8 Å². The van der Waals surface area contributed by atoms with Crippen LogP contribution >= 0.6 is 11.6 Å². The maximum atomic E-state index is 10.9. The number of aromatic nitrogens is 2. The maximum absolute atomic E-state index is 10.9. The lowest BCUT2D eigenvalue weighted by molar-refractivity contribution is 0.101. The van der Waals surface area contributed by atoms with Crippen LogP contribution in [0.4, 0.5) is 0 Å². The van der Waals surface area contributed by atoms with E-state index in [-0.39, 0.29) is 0 Å². The molecule has 0 saturated heterocycles. The van der Waals surface area contributed by atoms with E-state index < -0.39 is 6.10 Å². The molecule has 0 unspecified atom stereocenters. The summed E-state index contributed by atoms with van der Waals surface area (Å²) in [5, 5.41) is 16.4. The Balaban J connectivity index is 1.65. The number of aliphatic hydroxyl groups is 1. The van der Waals surface area contributed by atoms with Gasteiger partial charge in [0.05, 0.1) is 23.0 Å². The standard InChI is InChI=1S/C30H34ClN3O2/c1-22(2)19-33(20-27(35)17-24-11-6-4-7-12-24)21-29-23(3)32-34(26-14-10-13-25(31)18-26)30(29)36-28-15-8-5-9-16-28/h4-16,18,22,27,35H,17,19-21H2,1-3H3/t27-/m0/s1. The molecule has 3 aromatic carbocycles. The van der Waals surface area contributed by atoms with Gasteiger partial charge in [-0.25, -0.2) is 4.68 Å². The summed E-state index contributed by atoms with van der Waals surface area (Å²) < 4.78 is 8.25. The molecule has 0 aliphatic heterocycles. The van der Waals surface area contributed by atoms with Gasteiger partial charge in [0.25, 0.3) is 0 Å². The van der Waals surface area contributed by atoms with Crippen molar-refractivity contribution >= 4 is 11.6 Å². The van der Waals surface area contributed by atoms with Crippen LogP contribution in [0.1, 0.15) is 30.7 Å². The molecule has 1 aromatic heterocycles. The van der Waals surface area contributed by atoms with Gasteiger partial charge in [-0.3, -0.25) is 4.90 Å². The molecule has 4 rings (SSSR count). The number of ether oxygens (including phenoxy) is 1. The largest absolute Gasteiger partial charge is 0.439 e. The molecule has 0 spiro atoms. The van der Waals surface area contributed by atoms with Gasteiger partial charge >= 0.3 is 0 Å². The highest BCUT2D eigenvalue weighted by Crippen LogP contribution is 2.32. The van der Waals surface area contributed by atoms with Gasteiger partial charge in [-0.2, -0.15) is 5.10 Å². The second kappa shape index (κ2) is 12.2. The predicted octanol–water partition coefficient (Wildman–Crippen LogP) is 6.69. The highest BCUT2D eigenvalue weighted by atomic mass is 35.5. The first-order chi connectivity index (χ1) is 17.4. The summed E-state index contributed by atoms with van der Waals surface area (Å²) >= 11 is 6.30. The smallest absolute Gasteiger partial charge is 0.227 e. The molecule has 1 atom stereocenters. The molecule has 5 nitrogen and oxygen atoms in total. The van der Waals surface area contributed by atoms with Gasteiger partial charge in [-0.05, 0) is 55.2 Å². The topological polar surface area (TPSA) is 50.5 Å². The van der Waals surface area contributed by atoms with E-state index in [9.17, 15) is 5.11 Å². The van der Waals surface area contributed by atoms with E-state index >= 15 is 0 Å². The van der Waals surface area contributed by atoms with Crippen LogP contribution in [0.15, 0.2) is 84.9 Å². The highest BCUT2D eigenvalue weighted by molar-refractivity contribution is 6.30. The summed E-state index contributed by atoms with van der Waals surface area (Å²) in [4.78, 5) is 2.29. The molecular weight excluding hydrogens is 470 g/mol. The fourth-order valence-electron chi connectivity index (χ4n) is 4.40. The number of benzene rings is 3. The van der Waals surface area contributed by atoms with Crippen molar-refractivity contribution in [3.05, 3.63) is 107 Å². The third kappa shape index (κ3) is 6.97. The first kappa shape index (κ1) is 26.0. The number of rotatable bonds is 11. The number of nitrogens with zero attached hydrogens (tertiary/aromatic N) is 3. The fraction of sp³-hybridized carbons (Fsp3) is 0.300. The Labute approximate surface area is 218 Å².